The Morgan fingerprint density at radius 3 is 2.59 bits per heavy atom. The highest BCUT2D eigenvalue weighted by Crippen LogP contribution is 2.16. The van der Waals surface area contributed by atoms with Gasteiger partial charge in [0.15, 0.2) is 17.4 Å². The van der Waals surface area contributed by atoms with Crippen LogP contribution >= 0.6 is 0 Å². The van der Waals surface area contributed by atoms with Crippen molar-refractivity contribution in [3.05, 3.63) is 136 Å². The molecule has 0 saturated carbocycles. The number of halogens is 2. The fraction of sp³-hybridized carbons (Fsp3) is 0.133. The van der Waals surface area contributed by atoms with Gasteiger partial charge in [-0.05, 0) is 59.5 Å². The lowest BCUT2D eigenvalue weighted by atomic mass is 10.1. The van der Waals surface area contributed by atoms with E-state index >= 15 is 0 Å². The number of pyridine rings is 1. The number of benzene rings is 2. The average Bonchev–Trinajstić information content (AvgIpc) is 2.94. The second-order valence-corrected chi connectivity index (χ2v) is 8.99. The van der Waals surface area contributed by atoms with E-state index in [4.69, 9.17) is 0 Å². The number of Topliss-reactive ketones (excluding diaryl/α,β-unsaturated/α-hetero) is 1. The molecule has 0 N–H and O–H groups in total. The van der Waals surface area contributed by atoms with Crippen LogP contribution < -0.4 is 5.56 Å². The van der Waals surface area contributed by atoms with Crippen molar-refractivity contribution in [2.24, 2.45) is 0 Å². The van der Waals surface area contributed by atoms with E-state index < -0.39 is 17.2 Å². The first kappa shape index (κ1) is 25.7. The highest BCUT2D eigenvalue weighted by atomic mass is 19.2. The molecule has 39 heavy (non-hydrogen) atoms. The Labute approximate surface area is 222 Å². The van der Waals surface area contributed by atoms with Crippen LogP contribution in [-0.2, 0) is 13.0 Å². The fourth-order valence-corrected chi connectivity index (χ4v) is 4.12. The SMILES string of the molecule is O=C(CC/C=C/c1ccc2nc(Cc3ccncc3)ncc2c1)c1cncn(Cc2ccc(F)c(F)c2)c1=O. The molecule has 194 valence electrons. The number of fused-ring (bicyclic) bond motifs is 1. The number of carbonyl (C=O) groups is 1. The number of aromatic nitrogens is 5. The van der Waals surface area contributed by atoms with Crippen LogP contribution in [-0.4, -0.2) is 30.3 Å². The van der Waals surface area contributed by atoms with Crippen LogP contribution in [0, 0.1) is 11.6 Å². The molecule has 0 aliphatic heterocycles. The number of hydrogen-bond donors (Lipinski definition) is 0. The van der Waals surface area contributed by atoms with Crippen molar-refractivity contribution in [2.45, 2.75) is 25.8 Å². The zero-order valence-electron chi connectivity index (χ0n) is 20.8. The van der Waals surface area contributed by atoms with Gasteiger partial charge in [-0.25, -0.2) is 23.7 Å². The van der Waals surface area contributed by atoms with E-state index in [1.165, 1.54) is 23.2 Å². The summed E-state index contributed by atoms with van der Waals surface area (Å²) in [5.41, 5.74) is 2.69. The number of allylic oxidation sites excluding steroid dienone is 1. The third kappa shape index (κ3) is 6.32. The van der Waals surface area contributed by atoms with Crippen molar-refractivity contribution in [1.82, 2.24) is 24.5 Å². The Morgan fingerprint density at radius 2 is 1.77 bits per heavy atom. The molecule has 0 spiro atoms. The molecule has 0 fully saturated rings. The lowest BCUT2D eigenvalue weighted by Crippen LogP contribution is -2.27. The summed E-state index contributed by atoms with van der Waals surface area (Å²) in [4.78, 5) is 42.6. The van der Waals surface area contributed by atoms with Crippen molar-refractivity contribution in [1.29, 1.82) is 0 Å². The van der Waals surface area contributed by atoms with Gasteiger partial charge in [-0.1, -0.05) is 24.3 Å². The molecule has 2 aromatic carbocycles. The molecule has 0 atom stereocenters. The van der Waals surface area contributed by atoms with Crippen LogP contribution in [0.1, 0.15) is 45.7 Å². The maximum absolute atomic E-state index is 13.5. The first-order valence-electron chi connectivity index (χ1n) is 12.3. The van der Waals surface area contributed by atoms with E-state index in [1.807, 2.05) is 42.5 Å². The molecular weight excluding hydrogens is 500 g/mol. The van der Waals surface area contributed by atoms with Crippen molar-refractivity contribution in [2.75, 3.05) is 0 Å². The lowest BCUT2D eigenvalue weighted by Gasteiger charge is -2.07. The van der Waals surface area contributed by atoms with Gasteiger partial charge in [-0.2, -0.15) is 0 Å². The Balaban J connectivity index is 1.20. The summed E-state index contributed by atoms with van der Waals surface area (Å²) in [6, 6.07) is 13.1. The maximum atomic E-state index is 13.5. The van der Waals surface area contributed by atoms with Crippen LogP contribution in [0.2, 0.25) is 0 Å². The summed E-state index contributed by atoms with van der Waals surface area (Å²) in [5.74, 6) is -1.58. The molecule has 0 unspecified atom stereocenters. The molecule has 7 nitrogen and oxygen atoms in total. The Morgan fingerprint density at radius 1 is 0.923 bits per heavy atom. The van der Waals surface area contributed by atoms with Gasteiger partial charge >= 0.3 is 0 Å². The largest absolute Gasteiger partial charge is 0.294 e. The topological polar surface area (TPSA) is 90.6 Å². The second kappa shape index (κ2) is 11.6. The molecular formula is C30H23F2N5O2. The number of rotatable bonds is 9. The molecule has 0 radical (unpaired) electrons. The van der Waals surface area contributed by atoms with Crippen molar-refractivity contribution < 1.29 is 13.6 Å². The summed E-state index contributed by atoms with van der Waals surface area (Å²) < 4.78 is 27.9. The molecule has 0 saturated heterocycles. The predicted octanol–water partition coefficient (Wildman–Crippen LogP) is 5.18. The van der Waals surface area contributed by atoms with Crippen LogP contribution in [0.25, 0.3) is 17.0 Å². The van der Waals surface area contributed by atoms with E-state index in [0.29, 0.717) is 18.4 Å². The van der Waals surface area contributed by atoms with Gasteiger partial charge in [0.05, 0.1) is 18.4 Å². The van der Waals surface area contributed by atoms with Gasteiger partial charge in [0.25, 0.3) is 5.56 Å². The van der Waals surface area contributed by atoms with E-state index in [2.05, 4.69) is 19.9 Å². The molecule has 9 heteroatoms. The van der Waals surface area contributed by atoms with E-state index in [9.17, 15) is 18.4 Å². The molecule has 0 amide bonds. The molecule has 3 heterocycles. The van der Waals surface area contributed by atoms with Gasteiger partial charge in [0.1, 0.15) is 11.4 Å². The normalized spacial score (nSPS) is 11.3. The minimum Gasteiger partial charge on any atom is -0.294 e. The standard InChI is InChI=1S/C30H23F2N5O2/c31-25-7-5-22(14-26(25)32)18-37-19-34-17-24(30(37)39)28(38)4-2-1-3-20-6-8-27-23(13-20)16-35-29(36-27)15-21-9-11-33-12-10-21/h1,3,5-14,16-17,19H,2,4,15,18H2/b3-1+. The predicted molar refractivity (Wildman–Crippen MR) is 143 cm³/mol. The minimum atomic E-state index is -1.00. The fourth-order valence-electron chi connectivity index (χ4n) is 4.12. The Bertz CT molecular complexity index is 1740. The van der Waals surface area contributed by atoms with Crippen LogP contribution in [0.5, 0.6) is 0 Å². The zero-order valence-corrected chi connectivity index (χ0v) is 20.8. The third-order valence-electron chi connectivity index (χ3n) is 6.15. The summed E-state index contributed by atoms with van der Waals surface area (Å²) in [6.45, 7) is -0.0268. The molecule has 0 bridgehead atoms. The van der Waals surface area contributed by atoms with Crippen molar-refractivity contribution >= 4 is 22.8 Å². The molecule has 0 aliphatic rings. The number of hydrogen-bond acceptors (Lipinski definition) is 6. The Kier molecular flexibility index (Phi) is 7.68. The van der Waals surface area contributed by atoms with E-state index in [1.54, 1.807) is 18.6 Å². The summed E-state index contributed by atoms with van der Waals surface area (Å²) in [5, 5.41) is 0.906. The highest BCUT2D eigenvalue weighted by molar-refractivity contribution is 5.95. The smallest absolute Gasteiger partial charge is 0.264 e. The first-order chi connectivity index (χ1) is 19.0. The summed E-state index contributed by atoms with van der Waals surface area (Å²) in [7, 11) is 0. The number of ketones is 1. The first-order valence-corrected chi connectivity index (χ1v) is 12.3. The number of carbonyl (C=O) groups excluding carboxylic acids is 1. The van der Waals surface area contributed by atoms with Gasteiger partial charge in [-0.3, -0.25) is 19.1 Å². The second-order valence-electron chi connectivity index (χ2n) is 8.99. The average molecular weight is 524 g/mol. The van der Waals surface area contributed by atoms with E-state index in [-0.39, 0.29) is 24.3 Å². The molecule has 5 rings (SSSR count). The summed E-state index contributed by atoms with van der Waals surface area (Å²) in [6.07, 6.45) is 12.7. The van der Waals surface area contributed by atoms with E-state index in [0.717, 1.165) is 40.0 Å². The monoisotopic (exact) mass is 523 g/mol. The van der Waals surface area contributed by atoms with Crippen LogP contribution in [0.4, 0.5) is 8.78 Å². The molecule has 5 aromatic rings. The van der Waals surface area contributed by atoms with Gasteiger partial charge < -0.3 is 0 Å². The molecule has 0 aliphatic carbocycles. The minimum absolute atomic E-state index is 0.0268. The molecule has 3 aromatic heterocycles. The number of nitrogens with zero attached hydrogens (tertiary/aromatic N) is 5. The Hall–Kier alpha value is -4.92. The highest BCUT2D eigenvalue weighted by Gasteiger charge is 2.13. The van der Waals surface area contributed by atoms with Gasteiger partial charge in [0.2, 0.25) is 0 Å². The van der Waals surface area contributed by atoms with Gasteiger partial charge in [0, 0.05) is 43.0 Å². The van der Waals surface area contributed by atoms with Crippen LogP contribution in [0.15, 0.2) is 90.5 Å². The van der Waals surface area contributed by atoms with Gasteiger partial charge in [-0.15, -0.1) is 0 Å². The maximum Gasteiger partial charge on any atom is 0.264 e. The van der Waals surface area contributed by atoms with Crippen molar-refractivity contribution in [3.63, 3.8) is 0 Å². The van der Waals surface area contributed by atoms with Crippen molar-refractivity contribution in [3.8, 4) is 0 Å². The van der Waals surface area contributed by atoms with Crippen LogP contribution in [0.3, 0.4) is 0 Å². The quantitative estimate of drug-likeness (QED) is 0.248. The third-order valence-corrected chi connectivity index (χ3v) is 6.15. The zero-order chi connectivity index (χ0) is 27.2. The lowest BCUT2D eigenvalue weighted by molar-refractivity contribution is 0.0981. The summed E-state index contributed by atoms with van der Waals surface area (Å²) >= 11 is 0.